The molecule has 1 aromatic carbocycles. The number of aliphatic carboxylic acids is 1. The summed E-state index contributed by atoms with van der Waals surface area (Å²) in [6.07, 6.45) is -0.439. The number of carboxylic acid groups (broad SMARTS) is 2. The zero-order valence-electron chi connectivity index (χ0n) is 17.6. The fourth-order valence-electron chi connectivity index (χ4n) is 3.91. The quantitative estimate of drug-likeness (QED) is 0.786. The van der Waals surface area contributed by atoms with Gasteiger partial charge >= 0.3 is 18.0 Å². The Hall–Kier alpha value is -3.07. The minimum Gasteiger partial charge on any atom is -0.480 e. The van der Waals surface area contributed by atoms with Crippen molar-refractivity contribution in [2.45, 2.75) is 32.4 Å². The van der Waals surface area contributed by atoms with E-state index >= 15 is 0 Å². The molecule has 0 aliphatic carbocycles. The van der Waals surface area contributed by atoms with Gasteiger partial charge in [0.05, 0.1) is 0 Å². The van der Waals surface area contributed by atoms with Crippen LogP contribution in [0.3, 0.4) is 0 Å². The second kappa shape index (κ2) is 7.98. The van der Waals surface area contributed by atoms with Gasteiger partial charge in [-0.25, -0.2) is 9.59 Å². The van der Waals surface area contributed by atoms with E-state index in [0.29, 0.717) is 37.1 Å². The number of aryl methyl sites for hydroxylation is 1. The van der Waals surface area contributed by atoms with Crippen molar-refractivity contribution in [2.24, 2.45) is 7.05 Å². The average Bonchev–Trinajstić information content (AvgIpc) is 2.94. The third-order valence-corrected chi connectivity index (χ3v) is 5.19. The number of carboxylic acids is 2. The summed E-state index contributed by atoms with van der Waals surface area (Å²) in [6, 6.07) is 5.92. The van der Waals surface area contributed by atoms with Crippen LogP contribution in [-0.2, 0) is 16.6 Å². The molecular formula is C21H27N3O6. The maximum atomic E-state index is 12.3. The Balaban J connectivity index is 1.92. The van der Waals surface area contributed by atoms with Gasteiger partial charge in [0.2, 0.25) is 0 Å². The molecule has 0 saturated carbocycles. The second-order valence-corrected chi connectivity index (χ2v) is 8.39. The molecule has 3 rings (SSSR count). The van der Waals surface area contributed by atoms with Crippen molar-refractivity contribution in [3.05, 3.63) is 35.5 Å². The van der Waals surface area contributed by atoms with Crippen LogP contribution in [0.1, 0.15) is 42.9 Å². The number of ether oxygens (including phenoxy) is 1. The first-order valence-corrected chi connectivity index (χ1v) is 9.76. The van der Waals surface area contributed by atoms with Crippen LogP contribution in [0.2, 0.25) is 0 Å². The lowest BCUT2D eigenvalue weighted by molar-refractivity contribution is -0.144. The molecule has 30 heavy (non-hydrogen) atoms. The number of aromatic carboxylic acids is 1. The normalized spacial score (nSPS) is 16.5. The number of aromatic nitrogens is 1. The highest BCUT2D eigenvalue weighted by Gasteiger charge is 2.37. The van der Waals surface area contributed by atoms with Crippen LogP contribution in [0.4, 0.5) is 4.79 Å². The van der Waals surface area contributed by atoms with Gasteiger partial charge in [-0.2, -0.15) is 0 Å². The molecule has 9 nitrogen and oxygen atoms in total. The summed E-state index contributed by atoms with van der Waals surface area (Å²) in [4.78, 5) is 39.8. The predicted octanol–water partition coefficient (Wildman–Crippen LogP) is 2.55. The maximum absolute atomic E-state index is 12.3. The molecule has 0 unspecified atom stereocenters. The molecule has 1 atom stereocenters. The first-order valence-electron chi connectivity index (χ1n) is 9.76. The Morgan fingerprint density at radius 2 is 1.63 bits per heavy atom. The minimum absolute atomic E-state index is 0.0434. The number of carbonyl (C=O) groups is 3. The average molecular weight is 417 g/mol. The Morgan fingerprint density at radius 1 is 1.03 bits per heavy atom. The van der Waals surface area contributed by atoms with E-state index in [1.54, 1.807) is 61.9 Å². The second-order valence-electron chi connectivity index (χ2n) is 8.39. The van der Waals surface area contributed by atoms with E-state index in [4.69, 9.17) is 4.74 Å². The number of fused-ring (bicyclic) bond motifs is 1. The van der Waals surface area contributed by atoms with Crippen LogP contribution in [0.15, 0.2) is 24.3 Å². The Kier molecular flexibility index (Phi) is 5.76. The van der Waals surface area contributed by atoms with E-state index in [9.17, 15) is 24.6 Å². The Labute approximate surface area is 174 Å². The minimum atomic E-state index is -1.18. The number of piperazine rings is 1. The van der Waals surface area contributed by atoms with Crippen LogP contribution < -0.4 is 0 Å². The van der Waals surface area contributed by atoms with Gasteiger partial charge in [-0.1, -0.05) is 18.2 Å². The Bertz CT molecular complexity index is 983. The molecular weight excluding hydrogens is 390 g/mol. The largest absolute Gasteiger partial charge is 0.480 e. The van der Waals surface area contributed by atoms with E-state index in [1.807, 2.05) is 0 Å². The maximum Gasteiger partial charge on any atom is 0.410 e. The van der Waals surface area contributed by atoms with Gasteiger partial charge in [0.15, 0.2) is 0 Å². The number of para-hydroxylation sites is 1. The van der Waals surface area contributed by atoms with Gasteiger partial charge in [0, 0.05) is 49.7 Å². The summed E-state index contributed by atoms with van der Waals surface area (Å²) in [6.45, 7) is 6.54. The third-order valence-electron chi connectivity index (χ3n) is 5.19. The van der Waals surface area contributed by atoms with Crippen molar-refractivity contribution < 1.29 is 29.3 Å². The van der Waals surface area contributed by atoms with Crippen LogP contribution in [0, 0.1) is 0 Å². The van der Waals surface area contributed by atoms with Crippen molar-refractivity contribution in [1.29, 1.82) is 0 Å². The highest BCUT2D eigenvalue weighted by atomic mass is 16.6. The van der Waals surface area contributed by atoms with Crippen LogP contribution >= 0.6 is 0 Å². The molecule has 2 N–H and O–H groups in total. The fraction of sp³-hybridized carbons (Fsp3) is 0.476. The summed E-state index contributed by atoms with van der Waals surface area (Å²) < 4.78 is 6.90. The van der Waals surface area contributed by atoms with Gasteiger partial charge in [-0.05, 0) is 26.8 Å². The van der Waals surface area contributed by atoms with E-state index in [0.717, 1.165) is 0 Å². The van der Waals surface area contributed by atoms with Gasteiger partial charge in [-0.3, -0.25) is 9.69 Å². The molecule has 0 bridgehead atoms. The van der Waals surface area contributed by atoms with Gasteiger partial charge < -0.3 is 24.4 Å². The van der Waals surface area contributed by atoms with E-state index in [1.165, 1.54) is 4.57 Å². The molecule has 1 aliphatic heterocycles. The fourth-order valence-corrected chi connectivity index (χ4v) is 3.91. The SMILES string of the molecule is Cn1c(C(=O)O)c([C@@H](C(=O)O)N2CCN(C(=O)OC(C)(C)C)CC2)c2ccccc21. The summed E-state index contributed by atoms with van der Waals surface area (Å²) in [5.74, 6) is -2.30. The molecule has 1 aliphatic rings. The predicted molar refractivity (Wildman–Crippen MR) is 110 cm³/mol. The smallest absolute Gasteiger partial charge is 0.410 e. The van der Waals surface area contributed by atoms with Crippen LogP contribution in [-0.4, -0.2) is 74.4 Å². The lowest BCUT2D eigenvalue weighted by atomic mass is 10.00. The number of hydrogen-bond acceptors (Lipinski definition) is 5. The summed E-state index contributed by atoms with van der Waals surface area (Å²) in [5, 5.41) is 20.4. The first-order chi connectivity index (χ1) is 14.0. The number of rotatable bonds is 4. The van der Waals surface area contributed by atoms with Crippen LogP contribution in [0.5, 0.6) is 0 Å². The molecule has 0 spiro atoms. The topological polar surface area (TPSA) is 112 Å². The Morgan fingerprint density at radius 3 is 2.17 bits per heavy atom. The molecule has 0 radical (unpaired) electrons. The van der Waals surface area contributed by atoms with E-state index < -0.39 is 29.7 Å². The van der Waals surface area contributed by atoms with E-state index in [-0.39, 0.29) is 11.3 Å². The summed E-state index contributed by atoms with van der Waals surface area (Å²) in [7, 11) is 1.62. The summed E-state index contributed by atoms with van der Waals surface area (Å²) in [5.41, 5.74) is 0.262. The highest BCUT2D eigenvalue weighted by Crippen LogP contribution is 2.34. The molecule has 9 heteroatoms. The van der Waals surface area contributed by atoms with Gasteiger partial charge in [0.1, 0.15) is 17.3 Å². The van der Waals surface area contributed by atoms with Crippen molar-refractivity contribution >= 4 is 28.9 Å². The molecule has 2 aromatic rings. The van der Waals surface area contributed by atoms with Gasteiger partial charge in [0.25, 0.3) is 0 Å². The number of nitrogens with zero attached hydrogens (tertiary/aromatic N) is 3. The molecule has 162 valence electrons. The molecule has 2 heterocycles. The van der Waals surface area contributed by atoms with Crippen molar-refractivity contribution in [3.63, 3.8) is 0 Å². The van der Waals surface area contributed by atoms with E-state index in [2.05, 4.69) is 0 Å². The van der Waals surface area contributed by atoms with Crippen LogP contribution in [0.25, 0.3) is 10.9 Å². The lowest BCUT2D eigenvalue weighted by Crippen LogP contribution is -2.52. The van der Waals surface area contributed by atoms with Crippen molar-refractivity contribution in [3.8, 4) is 0 Å². The molecule has 1 amide bonds. The highest BCUT2D eigenvalue weighted by molar-refractivity contribution is 6.01. The zero-order valence-corrected chi connectivity index (χ0v) is 17.6. The van der Waals surface area contributed by atoms with Crippen molar-refractivity contribution in [2.75, 3.05) is 26.2 Å². The summed E-state index contributed by atoms with van der Waals surface area (Å²) >= 11 is 0. The monoisotopic (exact) mass is 417 g/mol. The molecule has 1 saturated heterocycles. The van der Waals surface area contributed by atoms with Gasteiger partial charge in [-0.15, -0.1) is 0 Å². The number of hydrogen-bond donors (Lipinski definition) is 2. The number of carbonyl (C=O) groups excluding carboxylic acids is 1. The lowest BCUT2D eigenvalue weighted by Gasteiger charge is -2.38. The standard InChI is InChI=1S/C21H27N3O6/c1-21(2,3)30-20(29)24-11-9-23(10-12-24)17(19(27)28)15-13-7-5-6-8-14(13)22(4)16(15)18(25)26/h5-8,17H,9-12H2,1-4H3,(H,25,26)(H,27,28)/t17-/m0/s1. The number of amides is 1. The molecule has 1 aromatic heterocycles. The molecule has 1 fully saturated rings. The third kappa shape index (κ3) is 4.11. The van der Waals surface area contributed by atoms with Crippen molar-refractivity contribution in [1.82, 2.24) is 14.4 Å². The first kappa shape index (κ1) is 21.6. The number of benzene rings is 1. The zero-order chi connectivity index (χ0) is 22.2.